The first kappa shape index (κ1) is 33.9. The summed E-state index contributed by atoms with van der Waals surface area (Å²) in [5.41, 5.74) is 14.9. The van der Waals surface area contributed by atoms with E-state index in [2.05, 4.69) is 41.5 Å². The second-order valence-corrected chi connectivity index (χ2v) is 12.1. The molecule has 0 aliphatic heterocycles. The molecule has 0 saturated carbocycles. The zero-order chi connectivity index (χ0) is 30.8. The van der Waals surface area contributed by atoms with E-state index in [-0.39, 0.29) is 0 Å². The lowest BCUT2D eigenvalue weighted by Gasteiger charge is -2.34. The van der Waals surface area contributed by atoms with E-state index in [0.717, 1.165) is 114 Å². The van der Waals surface area contributed by atoms with Crippen LogP contribution in [-0.2, 0) is 60.8 Å². The first-order valence-electron chi connectivity index (χ1n) is 16.9. The first-order chi connectivity index (χ1) is 20.4. The summed E-state index contributed by atoms with van der Waals surface area (Å²) in [6.45, 7) is 13.6. The van der Waals surface area contributed by atoms with E-state index >= 15 is 0 Å². The molecule has 0 heterocycles. The SMILES string of the molecule is CCCCc1c2c(c(CCCC)c(C(=O)OC)c1C(=O)OC)Cc1c(CCC)c(CCC)c(CCC)c(CCC)c1C2. The topological polar surface area (TPSA) is 52.6 Å². The summed E-state index contributed by atoms with van der Waals surface area (Å²) < 4.78 is 10.7. The molecule has 0 bridgehead atoms. The van der Waals surface area contributed by atoms with Gasteiger partial charge in [-0.1, -0.05) is 80.1 Å². The average molecular weight is 577 g/mol. The largest absolute Gasteiger partial charge is 0.465 e. The molecule has 0 N–H and O–H groups in total. The van der Waals surface area contributed by atoms with Crippen molar-refractivity contribution in [2.75, 3.05) is 14.2 Å². The van der Waals surface area contributed by atoms with Crippen LogP contribution in [0.1, 0.15) is 169 Å². The number of unbranched alkanes of at least 4 members (excludes halogenated alkanes) is 2. The molecule has 0 spiro atoms. The Balaban J connectivity index is 2.53. The average Bonchev–Trinajstić information content (AvgIpc) is 3.00. The molecule has 2 aromatic carbocycles. The minimum atomic E-state index is -0.418. The third-order valence-corrected chi connectivity index (χ3v) is 9.18. The van der Waals surface area contributed by atoms with Crippen molar-refractivity contribution < 1.29 is 19.1 Å². The summed E-state index contributed by atoms with van der Waals surface area (Å²) in [6.07, 6.45) is 16.1. The maximum absolute atomic E-state index is 13.5. The Kier molecular flexibility index (Phi) is 13.1. The van der Waals surface area contributed by atoms with Gasteiger partial charge in [-0.15, -0.1) is 0 Å². The maximum Gasteiger partial charge on any atom is 0.339 e. The van der Waals surface area contributed by atoms with Gasteiger partial charge < -0.3 is 9.47 Å². The van der Waals surface area contributed by atoms with Crippen LogP contribution in [0, 0.1) is 0 Å². The highest BCUT2D eigenvalue weighted by molar-refractivity contribution is 6.06. The van der Waals surface area contributed by atoms with Gasteiger partial charge in [0.05, 0.1) is 25.3 Å². The number of hydrogen-bond donors (Lipinski definition) is 0. The van der Waals surface area contributed by atoms with E-state index in [1.54, 1.807) is 22.3 Å². The molecule has 42 heavy (non-hydrogen) atoms. The van der Waals surface area contributed by atoms with Crippen molar-refractivity contribution in [2.45, 2.75) is 144 Å². The second-order valence-electron chi connectivity index (χ2n) is 12.1. The molecule has 0 amide bonds. The van der Waals surface area contributed by atoms with E-state index in [1.165, 1.54) is 36.5 Å². The van der Waals surface area contributed by atoms with Gasteiger partial charge in [0, 0.05) is 0 Å². The molecule has 3 rings (SSSR count). The van der Waals surface area contributed by atoms with E-state index < -0.39 is 11.9 Å². The van der Waals surface area contributed by atoms with Crippen LogP contribution in [-0.4, -0.2) is 26.2 Å². The predicted molar refractivity (Wildman–Crippen MR) is 174 cm³/mol. The van der Waals surface area contributed by atoms with Crippen LogP contribution in [0.5, 0.6) is 0 Å². The van der Waals surface area contributed by atoms with Gasteiger partial charge >= 0.3 is 11.9 Å². The van der Waals surface area contributed by atoms with Crippen molar-refractivity contribution in [3.05, 3.63) is 66.8 Å². The van der Waals surface area contributed by atoms with Crippen molar-refractivity contribution >= 4 is 11.9 Å². The smallest absolute Gasteiger partial charge is 0.339 e. The van der Waals surface area contributed by atoms with Gasteiger partial charge in [-0.2, -0.15) is 0 Å². The number of rotatable bonds is 16. The van der Waals surface area contributed by atoms with Crippen molar-refractivity contribution in [3.63, 3.8) is 0 Å². The molecule has 0 aromatic heterocycles. The minimum Gasteiger partial charge on any atom is -0.465 e. The van der Waals surface area contributed by atoms with Crippen molar-refractivity contribution in [1.82, 2.24) is 0 Å². The molecule has 4 heteroatoms. The van der Waals surface area contributed by atoms with Gasteiger partial charge in [-0.05, 0) is 120 Å². The molecule has 0 unspecified atom stereocenters. The van der Waals surface area contributed by atoms with Gasteiger partial charge in [0.15, 0.2) is 0 Å². The molecule has 1 aliphatic rings. The van der Waals surface area contributed by atoms with Gasteiger partial charge in [0.25, 0.3) is 0 Å². The lowest BCUT2D eigenvalue weighted by Crippen LogP contribution is -2.26. The fourth-order valence-corrected chi connectivity index (χ4v) is 7.39. The highest BCUT2D eigenvalue weighted by Gasteiger charge is 2.35. The number of carbonyl (C=O) groups is 2. The number of methoxy groups -OCH3 is 2. The summed E-state index contributed by atoms with van der Waals surface area (Å²) >= 11 is 0. The molecule has 232 valence electrons. The van der Waals surface area contributed by atoms with E-state index in [0.29, 0.717) is 11.1 Å². The summed E-state index contributed by atoms with van der Waals surface area (Å²) in [5, 5.41) is 0. The summed E-state index contributed by atoms with van der Waals surface area (Å²) in [7, 11) is 2.85. The monoisotopic (exact) mass is 576 g/mol. The zero-order valence-electron chi connectivity index (χ0n) is 27.9. The third-order valence-electron chi connectivity index (χ3n) is 9.18. The molecule has 1 aliphatic carbocycles. The van der Waals surface area contributed by atoms with Gasteiger partial charge in [-0.3, -0.25) is 0 Å². The van der Waals surface area contributed by atoms with Crippen LogP contribution < -0.4 is 0 Å². The van der Waals surface area contributed by atoms with Gasteiger partial charge in [0.1, 0.15) is 0 Å². The van der Waals surface area contributed by atoms with E-state index in [9.17, 15) is 9.59 Å². The Morgan fingerprint density at radius 3 is 1.05 bits per heavy atom. The van der Waals surface area contributed by atoms with Gasteiger partial charge in [0.2, 0.25) is 0 Å². The molecule has 2 aromatic rings. The minimum absolute atomic E-state index is 0.418. The Labute approximate surface area is 256 Å². The normalized spacial score (nSPS) is 12.2. The van der Waals surface area contributed by atoms with Crippen LogP contribution >= 0.6 is 0 Å². The summed E-state index contributed by atoms with van der Waals surface area (Å²) in [5.74, 6) is -0.837. The molecule has 4 nitrogen and oxygen atoms in total. The Morgan fingerprint density at radius 1 is 0.452 bits per heavy atom. The Morgan fingerprint density at radius 2 is 0.762 bits per heavy atom. The lowest BCUT2D eigenvalue weighted by molar-refractivity contribution is 0.0552. The molecule has 0 fully saturated rings. The molecule has 0 radical (unpaired) electrons. The van der Waals surface area contributed by atoms with Crippen LogP contribution in [0.4, 0.5) is 0 Å². The van der Waals surface area contributed by atoms with Gasteiger partial charge in [-0.25, -0.2) is 9.59 Å². The molecular weight excluding hydrogens is 520 g/mol. The Bertz CT molecular complexity index is 1160. The molecule has 0 atom stereocenters. The van der Waals surface area contributed by atoms with Crippen molar-refractivity contribution in [2.24, 2.45) is 0 Å². The summed E-state index contributed by atoms with van der Waals surface area (Å²) in [6, 6.07) is 0. The van der Waals surface area contributed by atoms with E-state index in [4.69, 9.17) is 9.47 Å². The highest BCUT2D eigenvalue weighted by Crippen LogP contribution is 2.43. The van der Waals surface area contributed by atoms with E-state index in [1.807, 2.05) is 0 Å². The van der Waals surface area contributed by atoms with Crippen LogP contribution in [0.25, 0.3) is 0 Å². The highest BCUT2D eigenvalue weighted by atomic mass is 16.5. The number of carbonyl (C=O) groups excluding carboxylic acids is 2. The lowest BCUT2D eigenvalue weighted by atomic mass is 9.70. The maximum atomic E-state index is 13.5. The Hall–Kier alpha value is -2.62. The number of benzene rings is 2. The van der Waals surface area contributed by atoms with Crippen LogP contribution in [0.2, 0.25) is 0 Å². The molecule has 0 saturated heterocycles. The fraction of sp³-hybridized carbons (Fsp3) is 0.632. The number of ether oxygens (including phenoxy) is 2. The standard InChI is InChI=1S/C38H56O4/c1-9-15-21-29-33-23-31-27(19-13-5)25(17-11-3)26(18-12-4)28(20-14-6)32(31)24-34(33)30(22-16-10-2)36(38(40)42-8)35(29)37(39)41-7/h9-24H2,1-8H3. The van der Waals surface area contributed by atoms with Crippen molar-refractivity contribution in [1.29, 1.82) is 0 Å². The quantitative estimate of drug-likeness (QED) is 0.160. The van der Waals surface area contributed by atoms with Crippen LogP contribution in [0.3, 0.4) is 0 Å². The zero-order valence-corrected chi connectivity index (χ0v) is 27.9. The number of esters is 2. The predicted octanol–water partition coefficient (Wildman–Crippen LogP) is 9.25. The number of fused-ring (bicyclic) bond motifs is 2. The number of hydrogen-bond acceptors (Lipinski definition) is 4. The first-order valence-corrected chi connectivity index (χ1v) is 16.9. The second kappa shape index (κ2) is 16.3. The third kappa shape index (κ3) is 6.79. The fourth-order valence-electron chi connectivity index (χ4n) is 7.39. The molecular formula is C38H56O4. The summed E-state index contributed by atoms with van der Waals surface area (Å²) in [4.78, 5) is 27.1. The van der Waals surface area contributed by atoms with Crippen LogP contribution in [0.15, 0.2) is 0 Å². The van der Waals surface area contributed by atoms with Crippen molar-refractivity contribution in [3.8, 4) is 0 Å².